The third-order valence-corrected chi connectivity index (χ3v) is 3.74. The molecule has 0 aliphatic carbocycles. The van der Waals surface area contributed by atoms with Gasteiger partial charge in [0.2, 0.25) is 0 Å². The van der Waals surface area contributed by atoms with Crippen LogP contribution in [0.5, 0.6) is 11.5 Å². The normalized spacial score (nSPS) is 10.4. The molecule has 8 nitrogen and oxygen atoms in total. The maximum atomic E-state index is 13.2. The van der Waals surface area contributed by atoms with E-state index in [0.29, 0.717) is 0 Å². The van der Waals surface area contributed by atoms with Crippen molar-refractivity contribution in [1.29, 1.82) is 0 Å². The van der Waals surface area contributed by atoms with Crippen molar-refractivity contribution in [3.05, 3.63) is 56.8 Å². The molecule has 0 aromatic heterocycles. The molecule has 0 saturated carbocycles. The Morgan fingerprint density at radius 2 is 1.96 bits per heavy atom. The molecule has 1 N–H and O–H groups in total. The van der Waals surface area contributed by atoms with E-state index in [4.69, 9.17) is 25.8 Å². The molecule has 0 spiro atoms. The van der Waals surface area contributed by atoms with Gasteiger partial charge in [0.05, 0.1) is 29.7 Å². The van der Waals surface area contributed by atoms with Crippen LogP contribution in [0.2, 0.25) is 5.02 Å². The van der Waals surface area contributed by atoms with Gasteiger partial charge in [0.1, 0.15) is 18.0 Å². The van der Waals surface area contributed by atoms with Crippen LogP contribution in [0.15, 0.2) is 30.3 Å². The van der Waals surface area contributed by atoms with Gasteiger partial charge < -0.3 is 19.5 Å². The topological polar surface area (TPSA) is 99.9 Å². The van der Waals surface area contributed by atoms with Crippen LogP contribution in [0, 0.1) is 15.9 Å². The molecule has 0 aliphatic rings. The number of nitro groups is 1. The van der Waals surface area contributed by atoms with E-state index in [-0.39, 0.29) is 41.0 Å². The lowest BCUT2D eigenvalue weighted by atomic mass is 10.1. The van der Waals surface area contributed by atoms with Gasteiger partial charge in [-0.3, -0.25) is 14.9 Å². The zero-order valence-corrected chi connectivity index (χ0v) is 15.2. The molecule has 0 aliphatic heterocycles. The molecule has 10 heteroatoms. The highest BCUT2D eigenvalue weighted by Gasteiger charge is 2.25. The lowest BCUT2D eigenvalue weighted by molar-refractivity contribution is -0.385. The van der Waals surface area contributed by atoms with E-state index < -0.39 is 22.3 Å². The van der Waals surface area contributed by atoms with Crippen molar-refractivity contribution < 1.29 is 28.3 Å². The largest absolute Gasteiger partial charge is 0.493 e. The van der Waals surface area contributed by atoms with Crippen molar-refractivity contribution in [3.8, 4) is 11.5 Å². The second kappa shape index (κ2) is 9.15. The van der Waals surface area contributed by atoms with Crippen LogP contribution >= 0.6 is 11.6 Å². The number of rotatable bonds is 8. The average molecular weight is 399 g/mol. The smallest absolute Gasteiger partial charge is 0.286 e. The highest BCUT2D eigenvalue weighted by molar-refractivity contribution is 6.31. The number of carbonyl (C=O) groups is 1. The molecule has 144 valence electrons. The molecule has 0 saturated heterocycles. The summed E-state index contributed by atoms with van der Waals surface area (Å²) in [6, 6.07) is 5.84. The van der Waals surface area contributed by atoms with Gasteiger partial charge in [-0.1, -0.05) is 11.6 Å². The number of anilines is 1. The number of halogens is 2. The van der Waals surface area contributed by atoms with Gasteiger partial charge in [-0.05, 0) is 18.2 Å². The monoisotopic (exact) mass is 398 g/mol. The van der Waals surface area contributed by atoms with E-state index in [0.717, 1.165) is 12.1 Å². The lowest BCUT2D eigenvalue weighted by Crippen LogP contribution is -2.15. The Hall–Kier alpha value is -2.91. The Bertz CT molecular complexity index is 862. The van der Waals surface area contributed by atoms with Gasteiger partial charge in [-0.15, -0.1) is 0 Å². The second-order valence-electron chi connectivity index (χ2n) is 5.20. The summed E-state index contributed by atoms with van der Waals surface area (Å²) in [5, 5.41) is 13.6. The third kappa shape index (κ3) is 5.05. The summed E-state index contributed by atoms with van der Waals surface area (Å²) in [7, 11) is 2.82. The molecule has 0 bridgehead atoms. The summed E-state index contributed by atoms with van der Waals surface area (Å²) in [6.07, 6.45) is 0. The van der Waals surface area contributed by atoms with E-state index in [2.05, 4.69) is 5.32 Å². The van der Waals surface area contributed by atoms with Crippen molar-refractivity contribution in [3.63, 3.8) is 0 Å². The Morgan fingerprint density at radius 3 is 2.56 bits per heavy atom. The number of hydrogen-bond donors (Lipinski definition) is 1. The first kappa shape index (κ1) is 20.4. The second-order valence-corrected chi connectivity index (χ2v) is 5.61. The zero-order chi connectivity index (χ0) is 20.0. The summed E-state index contributed by atoms with van der Waals surface area (Å²) in [6.45, 7) is 0.411. The molecule has 2 aromatic carbocycles. The van der Waals surface area contributed by atoms with Gasteiger partial charge in [-0.2, -0.15) is 0 Å². The number of benzene rings is 2. The van der Waals surface area contributed by atoms with E-state index in [9.17, 15) is 19.3 Å². The number of ether oxygens (including phenoxy) is 3. The highest BCUT2D eigenvalue weighted by atomic mass is 35.5. The molecule has 2 aromatic rings. The standard InChI is InChI=1S/C17H16ClFN2O6/c1-25-5-6-27-16-9-14(21(23)24)11(8-15(16)26-2)17(22)20-10-3-4-13(19)12(18)7-10/h3-4,7-9H,5-6H2,1-2H3,(H,20,22). The molecule has 27 heavy (non-hydrogen) atoms. The molecule has 2 rings (SSSR count). The van der Waals surface area contributed by atoms with Crippen molar-refractivity contribution in [1.82, 2.24) is 0 Å². The fourth-order valence-corrected chi connectivity index (χ4v) is 2.34. The maximum absolute atomic E-state index is 13.2. The molecule has 0 fully saturated rings. The molecule has 0 radical (unpaired) electrons. The van der Waals surface area contributed by atoms with Crippen LogP contribution in [0.25, 0.3) is 0 Å². The molecular formula is C17H16ClFN2O6. The minimum Gasteiger partial charge on any atom is -0.493 e. The van der Waals surface area contributed by atoms with E-state index in [1.807, 2.05) is 0 Å². The number of nitrogens with one attached hydrogen (secondary N) is 1. The van der Waals surface area contributed by atoms with Gasteiger partial charge in [-0.25, -0.2) is 4.39 Å². The predicted octanol–water partition coefficient (Wildman–Crippen LogP) is 3.67. The first-order valence-corrected chi connectivity index (χ1v) is 7.99. The van der Waals surface area contributed by atoms with Crippen molar-refractivity contribution in [2.45, 2.75) is 0 Å². The minimum absolute atomic E-state index is 0.0997. The first-order valence-electron chi connectivity index (χ1n) is 7.62. The van der Waals surface area contributed by atoms with Crippen LogP contribution in [0.4, 0.5) is 15.8 Å². The van der Waals surface area contributed by atoms with Gasteiger partial charge in [0.25, 0.3) is 11.6 Å². The summed E-state index contributed by atoms with van der Waals surface area (Å²) < 4.78 is 28.6. The molecule has 0 unspecified atom stereocenters. The van der Waals surface area contributed by atoms with E-state index in [1.54, 1.807) is 0 Å². The number of methoxy groups -OCH3 is 2. The molecule has 0 heterocycles. The molecular weight excluding hydrogens is 383 g/mol. The number of carbonyl (C=O) groups excluding carboxylic acids is 1. The van der Waals surface area contributed by atoms with Gasteiger partial charge in [0, 0.05) is 18.9 Å². The van der Waals surface area contributed by atoms with Crippen molar-refractivity contribution in [2.75, 3.05) is 32.8 Å². The minimum atomic E-state index is -0.786. The van der Waals surface area contributed by atoms with E-state index >= 15 is 0 Å². The summed E-state index contributed by atoms with van der Waals surface area (Å²) in [5.41, 5.74) is -0.551. The summed E-state index contributed by atoms with van der Waals surface area (Å²) in [4.78, 5) is 23.2. The number of amides is 1. The fraction of sp³-hybridized carbons (Fsp3) is 0.235. The van der Waals surface area contributed by atoms with Crippen molar-refractivity contribution >= 4 is 28.9 Å². The van der Waals surface area contributed by atoms with Gasteiger partial charge in [0.15, 0.2) is 11.5 Å². The number of nitrogens with zero attached hydrogens (tertiary/aromatic N) is 1. The quantitative estimate of drug-likeness (QED) is 0.413. The van der Waals surface area contributed by atoms with Crippen LogP contribution < -0.4 is 14.8 Å². The summed E-state index contributed by atoms with van der Waals surface area (Å²) in [5.74, 6) is -1.20. The van der Waals surface area contributed by atoms with Crippen LogP contribution in [-0.4, -0.2) is 38.3 Å². The first-order chi connectivity index (χ1) is 12.9. The van der Waals surface area contributed by atoms with Crippen LogP contribution in [0.1, 0.15) is 10.4 Å². The van der Waals surface area contributed by atoms with Crippen LogP contribution in [-0.2, 0) is 4.74 Å². The maximum Gasteiger partial charge on any atom is 0.286 e. The Kier molecular flexibility index (Phi) is 6.91. The molecule has 1 amide bonds. The Balaban J connectivity index is 2.36. The predicted molar refractivity (Wildman–Crippen MR) is 96.4 cm³/mol. The fourth-order valence-electron chi connectivity index (χ4n) is 2.16. The lowest BCUT2D eigenvalue weighted by Gasteiger charge is -2.13. The Labute approximate surface area is 158 Å². The zero-order valence-electron chi connectivity index (χ0n) is 14.5. The number of hydrogen-bond acceptors (Lipinski definition) is 6. The average Bonchev–Trinajstić information content (AvgIpc) is 2.64. The highest BCUT2D eigenvalue weighted by Crippen LogP contribution is 2.35. The SMILES string of the molecule is COCCOc1cc([N+](=O)[O-])c(C(=O)Nc2ccc(F)c(Cl)c2)cc1OC. The van der Waals surface area contributed by atoms with E-state index in [1.165, 1.54) is 32.4 Å². The third-order valence-electron chi connectivity index (χ3n) is 3.45. The van der Waals surface area contributed by atoms with Gasteiger partial charge >= 0.3 is 0 Å². The summed E-state index contributed by atoms with van der Waals surface area (Å²) >= 11 is 5.67. The van der Waals surface area contributed by atoms with Crippen molar-refractivity contribution in [2.24, 2.45) is 0 Å². The number of nitro benzene ring substituents is 1. The molecule has 0 atom stereocenters. The Morgan fingerprint density at radius 1 is 1.22 bits per heavy atom. The van der Waals surface area contributed by atoms with Crippen LogP contribution in [0.3, 0.4) is 0 Å².